The van der Waals surface area contributed by atoms with E-state index in [9.17, 15) is 0 Å². The third-order valence-corrected chi connectivity index (χ3v) is 2.57. The highest BCUT2D eigenvalue weighted by atomic mass is 16.5. The van der Waals surface area contributed by atoms with Gasteiger partial charge in [0.15, 0.2) is 11.3 Å². The van der Waals surface area contributed by atoms with Crippen LogP contribution in [-0.2, 0) is 6.54 Å². The minimum absolute atomic E-state index is 0.0864. The van der Waals surface area contributed by atoms with Gasteiger partial charge in [-0.1, -0.05) is 12.1 Å². The molecule has 1 heterocycles. The number of hydrogen-bond donors (Lipinski definition) is 1. The van der Waals surface area contributed by atoms with Crippen LogP contribution in [0.25, 0.3) is 11.0 Å². The van der Waals surface area contributed by atoms with Gasteiger partial charge in [-0.2, -0.15) is 0 Å². The number of methoxy groups -OCH3 is 1. The molecule has 0 atom stereocenters. The normalized spacial score (nSPS) is 12.0. The van der Waals surface area contributed by atoms with Gasteiger partial charge in [-0.25, -0.2) is 0 Å². The number of furan rings is 1. The number of para-hydroxylation sites is 1. The lowest BCUT2D eigenvalue weighted by Gasteiger charge is -2.19. The van der Waals surface area contributed by atoms with Crippen LogP contribution in [-0.4, -0.2) is 12.6 Å². The molecular weight excluding hydrogens is 214 g/mol. The second-order valence-electron chi connectivity index (χ2n) is 5.19. The molecule has 0 bridgehead atoms. The van der Waals surface area contributed by atoms with E-state index in [-0.39, 0.29) is 5.54 Å². The van der Waals surface area contributed by atoms with Gasteiger partial charge in [-0.15, -0.1) is 0 Å². The highest BCUT2D eigenvalue weighted by Gasteiger charge is 2.12. The molecule has 0 spiro atoms. The van der Waals surface area contributed by atoms with E-state index >= 15 is 0 Å². The lowest BCUT2D eigenvalue weighted by Crippen LogP contribution is -2.34. The number of benzene rings is 1. The highest BCUT2D eigenvalue weighted by molar-refractivity contribution is 5.83. The summed E-state index contributed by atoms with van der Waals surface area (Å²) in [6.07, 6.45) is 0. The summed E-state index contributed by atoms with van der Waals surface area (Å²) in [4.78, 5) is 0. The van der Waals surface area contributed by atoms with Gasteiger partial charge in [-0.05, 0) is 32.9 Å². The first-order chi connectivity index (χ1) is 7.99. The van der Waals surface area contributed by atoms with Gasteiger partial charge in [0, 0.05) is 10.9 Å². The van der Waals surface area contributed by atoms with Crippen molar-refractivity contribution in [1.82, 2.24) is 5.32 Å². The molecule has 0 aliphatic heterocycles. The van der Waals surface area contributed by atoms with Gasteiger partial charge < -0.3 is 14.5 Å². The van der Waals surface area contributed by atoms with Crippen LogP contribution in [0.3, 0.4) is 0 Å². The molecule has 0 unspecified atom stereocenters. The molecule has 0 aliphatic rings. The second kappa shape index (κ2) is 4.41. The van der Waals surface area contributed by atoms with E-state index in [1.54, 1.807) is 7.11 Å². The molecule has 0 radical (unpaired) electrons. The molecule has 0 saturated carbocycles. The Hall–Kier alpha value is -1.48. The molecule has 3 nitrogen and oxygen atoms in total. The number of rotatable bonds is 3. The average molecular weight is 233 g/mol. The van der Waals surface area contributed by atoms with Crippen LogP contribution >= 0.6 is 0 Å². The van der Waals surface area contributed by atoms with Crippen LogP contribution in [0.2, 0.25) is 0 Å². The zero-order valence-corrected chi connectivity index (χ0v) is 10.8. The first-order valence-corrected chi connectivity index (χ1v) is 5.80. The molecule has 2 aromatic rings. The highest BCUT2D eigenvalue weighted by Crippen LogP contribution is 2.28. The van der Waals surface area contributed by atoms with E-state index in [0.717, 1.165) is 29.0 Å². The van der Waals surface area contributed by atoms with E-state index in [1.165, 1.54) is 0 Å². The molecule has 17 heavy (non-hydrogen) atoms. The zero-order chi connectivity index (χ0) is 12.5. The standard InChI is InChI=1S/C14H19NO2/c1-14(2,3)15-9-11-8-10-6-5-7-12(16-4)13(10)17-11/h5-8,15H,9H2,1-4H3. The summed E-state index contributed by atoms with van der Waals surface area (Å²) < 4.78 is 11.1. The zero-order valence-electron chi connectivity index (χ0n) is 10.8. The van der Waals surface area contributed by atoms with E-state index in [2.05, 4.69) is 32.2 Å². The number of hydrogen-bond acceptors (Lipinski definition) is 3. The van der Waals surface area contributed by atoms with Crippen molar-refractivity contribution in [1.29, 1.82) is 0 Å². The summed E-state index contributed by atoms with van der Waals surface area (Å²) in [6, 6.07) is 7.96. The Morgan fingerprint density at radius 3 is 2.71 bits per heavy atom. The van der Waals surface area contributed by atoms with Crippen LogP contribution < -0.4 is 10.1 Å². The Balaban J connectivity index is 2.26. The maximum Gasteiger partial charge on any atom is 0.176 e. The first kappa shape index (κ1) is 12.0. The quantitative estimate of drug-likeness (QED) is 0.883. The average Bonchev–Trinajstić information content (AvgIpc) is 2.67. The largest absolute Gasteiger partial charge is 0.493 e. The molecule has 0 fully saturated rings. The van der Waals surface area contributed by atoms with Crippen LogP contribution in [0.15, 0.2) is 28.7 Å². The summed E-state index contributed by atoms with van der Waals surface area (Å²) >= 11 is 0. The van der Waals surface area contributed by atoms with E-state index in [4.69, 9.17) is 9.15 Å². The van der Waals surface area contributed by atoms with Crippen molar-refractivity contribution in [2.24, 2.45) is 0 Å². The summed E-state index contributed by atoms with van der Waals surface area (Å²) in [7, 11) is 1.66. The van der Waals surface area contributed by atoms with Crippen molar-refractivity contribution in [3.8, 4) is 5.75 Å². The minimum atomic E-state index is 0.0864. The fourth-order valence-corrected chi connectivity index (χ4v) is 1.69. The smallest absolute Gasteiger partial charge is 0.176 e. The van der Waals surface area contributed by atoms with E-state index in [1.807, 2.05) is 18.2 Å². The predicted molar refractivity (Wildman–Crippen MR) is 69.4 cm³/mol. The summed E-state index contributed by atoms with van der Waals surface area (Å²) in [5.41, 5.74) is 0.906. The Morgan fingerprint density at radius 1 is 1.29 bits per heavy atom. The lowest BCUT2D eigenvalue weighted by atomic mass is 10.1. The van der Waals surface area contributed by atoms with Gasteiger partial charge in [0.05, 0.1) is 13.7 Å². The maximum absolute atomic E-state index is 5.80. The fourth-order valence-electron chi connectivity index (χ4n) is 1.69. The molecule has 2 rings (SSSR count). The minimum Gasteiger partial charge on any atom is -0.493 e. The lowest BCUT2D eigenvalue weighted by molar-refractivity contribution is 0.385. The Bertz CT molecular complexity index is 508. The van der Waals surface area contributed by atoms with Gasteiger partial charge in [0.25, 0.3) is 0 Å². The number of fused-ring (bicyclic) bond motifs is 1. The third kappa shape index (κ3) is 2.80. The van der Waals surface area contributed by atoms with Crippen LogP contribution in [0.1, 0.15) is 26.5 Å². The topological polar surface area (TPSA) is 34.4 Å². The molecule has 0 aliphatic carbocycles. The Labute approximate surface area is 102 Å². The number of nitrogens with one attached hydrogen (secondary N) is 1. The second-order valence-corrected chi connectivity index (χ2v) is 5.19. The molecule has 0 amide bonds. The van der Waals surface area contributed by atoms with Crippen molar-refractivity contribution < 1.29 is 9.15 Å². The van der Waals surface area contributed by atoms with Gasteiger partial charge in [0.2, 0.25) is 0 Å². The van der Waals surface area contributed by atoms with Crippen molar-refractivity contribution in [3.63, 3.8) is 0 Å². The van der Waals surface area contributed by atoms with Crippen molar-refractivity contribution in [3.05, 3.63) is 30.0 Å². The van der Waals surface area contributed by atoms with E-state index in [0.29, 0.717) is 0 Å². The van der Waals surface area contributed by atoms with Gasteiger partial charge in [-0.3, -0.25) is 0 Å². The molecule has 92 valence electrons. The molecule has 0 saturated heterocycles. The molecule has 1 aromatic carbocycles. The van der Waals surface area contributed by atoms with Crippen molar-refractivity contribution in [2.75, 3.05) is 7.11 Å². The van der Waals surface area contributed by atoms with Crippen LogP contribution in [0.4, 0.5) is 0 Å². The van der Waals surface area contributed by atoms with E-state index < -0.39 is 0 Å². The Kier molecular flexibility index (Phi) is 3.11. The SMILES string of the molecule is COc1cccc2cc(CNC(C)(C)C)oc12. The predicted octanol–water partition coefficient (Wildman–Crippen LogP) is 3.33. The summed E-state index contributed by atoms with van der Waals surface area (Å²) in [5, 5.41) is 4.48. The molecular formula is C14H19NO2. The Morgan fingerprint density at radius 2 is 2.06 bits per heavy atom. The first-order valence-electron chi connectivity index (χ1n) is 5.80. The van der Waals surface area contributed by atoms with Crippen molar-refractivity contribution in [2.45, 2.75) is 32.9 Å². The monoisotopic (exact) mass is 233 g/mol. The van der Waals surface area contributed by atoms with Crippen LogP contribution in [0.5, 0.6) is 5.75 Å². The van der Waals surface area contributed by atoms with Crippen LogP contribution in [0, 0.1) is 0 Å². The van der Waals surface area contributed by atoms with Gasteiger partial charge in [0.1, 0.15) is 5.76 Å². The maximum atomic E-state index is 5.80. The summed E-state index contributed by atoms with van der Waals surface area (Å²) in [6.45, 7) is 7.13. The summed E-state index contributed by atoms with van der Waals surface area (Å²) in [5.74, 6) is 1.71. The molecule has 1 N–H and O–H groups in total. The third-order valence-electron chi connectivity index (χ3n) is 2.57. The molecule has 3 heteroatoms. The fraction of sp³-hybridized carbons (Fsp3) is 0.429. The number of ether oxygens (including phenoxy) is 1. The van der Waals surface area contributed by atoms with Gasteiger partial charge >= 0.3 is 0 Å². The van der Waals surface area contributed by atoms with Crippen molar-refractivity contribution >= 4 is 11.0 Å². The molecule has 1 aromatic heterocycles.